The number of rotatable bonds is 2. The predicted molar refractivity (Wildman–Crippen MR) is 59.0 cm³/mol. The summed E-state index contributed by atoms with van der Waals surface area (Å²) in [7, 11) is 2.17. The van der Waals surface area contributed by atoms with Crippen molar-refractivity contribution in [2.45, 2.75) is 11.7 Å². The topological polar surface area (TPSA) is 0 Å². The highest BCUT2D eigenvalue weighted by atomic mass is 79.9. The Kier molecular flexibility index (Phi) is 3.66. The minimum absolute atomic E-state index is 0.928. The first kappa shape index (κ1) is 9.33. The zero-order valence-corrected chi connectivity index (χ0v) is 9.57. The maximum absolute atomic E-state index is 3.52. The Hall–Kier alpha value is 0.245. The lowest BCUT2D eigenvalue weighted by Gasteiger charge is -2.05. The van der Waals surface area contributed by atoms with Crippen molar-refractivity contribution < 1.29 is 0 Å². The molecular weight excluding hydrogens is 267 g/mol. The van der Waals surface area contributed by atoms with E-state index in [0.29, 0.717) is 0 Å². The fourth-order valence-electron chi connectivity index (χ4n) is 1.08. The lowest BCUT2D eigenvalue weighted by Crippen LogP contribution is -1.91. The molecule has 0 radical (unpaired) electrons. The Morgan fingerprint density at radius 3 is 2.55 bits per heavy atom. The van der Waals surface area contributed by atoms with Crippen LogP contribution in [-0.2, 0) is 11.7 Å². The molecule has 11 heavy (non-hydrogen) atoms. The summed E-state index contributed by atoms with van der Waals surface area (Å²) in [6.07, 6.45) is 1.10. The summed E-state index contributed by atoms with van der Waals surface area (Å²) in [5.41, 5.74) is 2.78. The van der Waals surface area contributed by atoms with Gasteiger partial charge in [0, 0.05) is 9.80 Å². The van der Waals surface area contributed by atoms with Crippen LogP contribution in [0.5, 0.6) is 0 Å². The first-order valence-electron chi connectivity index (χ1n) is 3.61. The molecule has 1 aromatic rings. The lowest BCUT2D eigenvalue weighted by atomic mass is 9.94. The van der Waals surface area contributed by atoms with Crippen LogP contribution in [-0.4, -0.2) is 7.85 Å². The highest BCUT2D eigenvalue weighted by Gasteiger charge is 2.01. The van der Waals surface area contributed by atoms with Crippen LogP contribution in [0, 0.1) is 0 Å². The monoisotopic (exact) mass is 274 g/mol. The Morgan fingerprint density at radius 1 is 1.36 bits per heavy atom. The summed E-state index contributed by atoms with van der Waals surface area (Å²) in [5.74, 6) is 0. The SMILES string of the molecule is BCc1cccc(Br)c1CBr. The zero-order chi connectivity index (χ0) is 8.27. The molecule has 1 aromatic carbocycles. The van der Waals surface area contributed by atoms with Crippen molar-refractivity contribution in [3.05, 3.63) is 33.8 Å². The van der Waals surface area contributed by atoms with Crippen molar-refractivity contribution in [2.24, 2.45) is 0 Å². The first-order chi connectivity index (χ1) is 5.29. The number of alkyl halides is 1. The van der Waals surface area contributed by atoms with E-state index in [2.05, 4.69) is 57.9 Å². The molecule has 0 fully saturated rings. The van der Waals surface area contributed by atoms with Crippen molar-refractivity contribution in [3.63, 3.8) is 0 Å². The van der Waals surface area contributed by atoms with Gasteiger partial charge in [-0.1, -0.05) is 55.9 Å². The van der Waals surface area contributed by atoms with Gasteiger partial charge in [-0.2, -0.15) is 0 Å². The highest BCUT2D eigenvalue weighted by molar-refractivity contribution is 9.10. The van der Waals surface area contributed by atoms with Gasteiger partial charge in [0.1, 0.15) is 7.85 Å². The minimum Gasteiger partial charge on any atom is -0.0876 e. The minimum atomic E-state index is 0.928. The molecule has 0 spiro atoms. The molecule has 58 valence electrons. The third-order valence-electron chi connectivity index (χ3n) is 1.73. The summed E-state index contributed by atoms with van der Waals surface area (Å²) in [6.45, 7) is 0. The number of hydrogen-bond donors (Lipinski definition) is 0. The average Bonchev–Trinajstić information content (AvgIpc) is 2.04. The smallest absolute Gasteiger partial charge is 0.0876 e. The quantitative estimate of drug-likeness (QED) is 0.575. The molecule has 0 nitrogen and oxygen atoms in total. The molecule has 0 saturated heterocycles. The van der Waals surface area contributed by atoms with E-state index in [1.54, 1.807) is 0 Å². The molecule has 3 heteroatoms. The molecule has 0 unspecified atom stereocenters. The number of benzene rings is 1. The van der Waals surface area contributed by atoms with Gasteiger partial charge < -0.3 is 0 Å². The maximum Gasteiger partial charge on any atom is 0.107 e. The van der Waals surface area contributed by atoms with Crippen LogP contribution in [0.1, 0.15) is 11.1 Å². The van der Waals surface area contributed by atoms with Crippen LogP contribution < -0.4 is 0 Å². The zero-order valence-electron chi connectivity index (χ0n) is 6.40. The molecule has 0 aliphatic carbocycles. The second-order valence-electron chi connectivity index (χ2n) is 2.36. The molecule has 0 aromatic heterocycles. The van der Waals surface area contributed by atoms with E-state index in [4.69, 9.17) is 0 Å². The van der Waals surface area contributed by atoms with Gasteiger partial charge in [0.15, 0.2) is 0 Å². The Bertz CT molecular complexity index is 248. The third-order valence-corrected chi connectivity index (χ3v) is 3.03. The van der Waals surface area contributed by atoms with Crippen molar-refractivity contribution in [1.29, 1.82) is 0 Å². The van der Waals surface area contributed by atoms with Crippen molar-refractivity contribution >= 4 is 39.7 Å². The van der Waals surface area contributed by atoms with Gasteiger partial charge in [-0.05, 0) is 11.6 Å². The van der Waals surface area contributed by atoms with E-state index >= 15 is 0 Å². The molecule has 0 aliphatic heterocycles. The van der Waals surface area contributed by atoms with Crippen LogP contribution in [0.25, 0.3) is 0 Å². The van der Waals surface area contributed by atoms with E-state index in [0.717, 1.165) is 11.7 Å². The molecule has 0 saturated carbocycles. The highest BCUT2D eigenvalue weighted by Crippen LogP contribution is 2.22. The molecule has 1 rings (SSSR count). The Morgan fingerprint density at radius 2 is 2.09 bits per heavy atom. The molecular formula is C8H9BBr2. The van der Waals surface area contributed by atoms with Crippen LogP contribution in [0.3, 0.4) is 0 Å². The lowest BCUT2D eigenvalue weighted by molar-refractivity contribution is 1.26. The van der Waals surface area contributed by atoms with Gasteiger partial charge in [-0.25, -0.2) is 0 Å². The van der Waals surface area contributed by atoms with Crippen molar-refractivity contribution in [2.75, 3.05) is 0 Å². The maximum atomic E-state index is 3.52. The van der Waals surface area contributed by atoms with E-state index < -0.39 is 0 Å². The van der Waals surface area contributed by atoms with Gasteiger partial charge in [-0.15, -0.1) is 0 Å². The largest absolute Gasteiger partial charge is 0.107 e. The average molecular weight is 276 g/mol. The summed E-state index contributed by atoms with van der Waals surface area (Å²) in [5, 5.41) is 0.928. The second kappa shape index (κ2) is 4.32. The summed E-state index contributed by atoms with van der Waals surface area (Å²) >= 11 is 6.99. The van der Waals surface area contributed by atoms with Crippen LogP contribution in [0.4, 0.5) is 0 Å². The van der Waals surface area contributed by atoms with Gasteiger partial charge >= 0.3 is 0 Å². The standard InChI is InChI=1S/C8H9BBr2/c9-4-6-2-1-3-8(11)7(6)5-10/h1-3H,4-5,9H2. The van der Waals surface area contributed by atoms with Gasteiger partial charge in [0.2, 0.25) is 0 Å². The van der Waals surface area contributed by atoms with E-state index in [9.17, 15) is 0 Å². The van der Waals surface area contributed by atoms with Gasteiger partial charge in [0.05, 0.1) is 0 Å². The fourth-order valence-corrected chi connectivity index (χ4v) is 2.67. The molecule has 0 aliphatic rings. The van der Waals surface area contributed by atoms with E-state index in [-0.39, 0.29) is 0 Å². The third kappa shape index (κ3) is 2.09. The van der Waals surface area contributed by atoms with Crippen LogP contribution in [0.2, 0.25) is 0 Å². The predicted octanol–water partition coefficient (Wildman–Crippen LogP) is 2.48. The van der Waals surface area contributed by atoms with Crippen molar-refractivity contribution in [3.8, 4) is 0 Å². The van der Waals surface area contributed by atoms with Crippen LogP contribution >= 0.6 is 31.9 Å². The Labute approximate surface area is 85.0 Å². The molecule has 0 N–H and O–H groups in total. The van der Waals surface area contributed by atoms with E-state index in [1.165, 1.54) is 15.6 Å². The number of hydrogen-bond acceptors (Lipinski definition) is 0. The van der Waals surface area contributed by atoms with Crippen LogP contribution in [0.15, 0.2) is 22.7 Å². The normalized spacial score (nSPS) is 10.0. The van der Waals surface area contributed by atoms with E-state index in [1.807, 2.05) is 0 Å². The summed E-state index contributed by atoms with van der Waals surface area (Å²) < 4.78 is 1.20. The van der Waals surface area contributed by atoms with Crippen molar-refractivity contribution in [1.82, 2.24) is 0 Å². The fraction of sp³-hybridized carbons (Fsp3) is 0.250. The molecule has 0 atom stereocenters. The summed E-state index contributed by atoms with van der Waals surface area (Å²) in [4.78, 5) is 0. The van der Waals surface area contributed by atoms with Gasteiger partial charge in [-0.3, -0.25) is 0 Å². The number of halogens is 2. The molecule has 0 amide bonds. The molecule has 0 heterocycles. The molecule has 0 bridgehead atoms. The Balaban J connectivity index is 3.13. The van der Waals surface area contributed by atoms with Gasteiger partial charge in [0.25, 0.3) is 0 Å². The first-order valence-corrected chi connectivity index (χ1v) is 5.53. The second-order valence-corrected chi connectivity index (χ2v) is 3.78. The summed E-state index contributed by atoms with van der Waals surface area (Å²) in [6, 6.07) is 6.33.